The zero-order valence-electron chi connectivity index (χ0n) is 12.0. The molecule has 1 saturated heterocycles. The maximum atomic E-state index is 12.6. The van der Waals surface area contributed by atoms with Crippen molar-refractivity contribution in [3.05, 3.63) is 54.2 Å². The minimum absolute atomic E-state index is 0.0828. The fourth-order valence-electron chi connectivity index (χ4n) is 2.46. The van der Waals surface area contributed by atoms with Crippen LogP contribution < -0.4 is 4.72 Å². The van der Waals surface area contributed by atoms with Crippen LogP contribution in [0.4, 0.5) is 0 Å². The van der Waals surface area contributed by atoms with Gasteiger partial charge in [0.05, 0.1) is 25.1 Å². The van der Waals surface area contributed by atoms with Gasteiger partial charge in [0.2, 0.25) is 10.0 Å². The maximum Gasteiger partial charge on any atom is 0.219 e. The summed E-state index contributed by atoms with van der Waals surface area (Å²) in [5, 5.41) is 0.774. The van der Waals surface area contributed by atoms with Gasteiger partial charge >= 0.3 is 0 Å². The Morgan fingerprint density at radius 3 is 2.91 bits per heavy atom. The summed E-state index contributed by atoms with van der Waals surface area (Å²) in [7, 11) is -1.89. The Balaban J connectivity index is 1.76. The molecule has 0 amide bonds. The topological polar surface area (TPSA) is 84.7 Å². The zero-order valence-corrected chi connectivity index (χ0v) is 12.9. The molecule has 3 heterocycles. The molecule has 118 valence electrons. The Labute approximate surface area is 128 Å². The third-order valence-electron chi connectivity index (χ3n) is 3.60. The molecule has 1 aliphatic heterocycles. The highest BCUT2D eigenvalue weighted by Gasteiger charge is 2.44. The zero-order chi connectivity index (χ0) is 15.6. The van der Waals surface area contributed by atoms with Crippen molar-refractivity contribution in [3.63, 3.8) is 0 Å². The predicted octanol–water partition coefficient (Wildman–Crippen LogP) is 1.08. The highest BCUT2D eigenvalue weighted by atomic mass is 32.2. The van der Waals surface area contributed by atoms with Crippen LogP contribution in [0, 0.1) is 0 Å². The van der Waals surface area contributed by atoms with Gasteiger partial charge in [0.15, 0.2) is 0 Å². The molecule has 0 aliphatic carbocycles. The lowest BCUT2D eigenvalue weighted by molar-refractivity contribution is -0.113. The fourth-order valence-corrected chi connectivity index (χ4v) is 3.91. The molecular formula is C14H17N3O4S. The van der Waals surface area contributed by atoms with Crippen molar-refractivity contribution in [3.8, 4) is 0 Å². The number of nitrogens with one attached hydrogen (secondary N) is 1. The molecule has 0 bridgehead atoms. The smallest absolute Gasteiger partial charge is 0.219 e. The Hall–Kier alpha value is -1.74. The summed E-state index contributed by atoms with van der Waals surface area (Å²) < 4.78 is 33.1. The van der Waals surface area contributed by atoms with E-state index in [-0.39, 0.29) is 13.2 Å². The van der Waals surface area contributed by atoms with Gasteiger partial charge < -0.3 is 4.42 Å². The highest BCUT2D eigenvalue weighted by molar-refractivity contribution is 7.90. The van der Waals surface area contributed by atoms with Gasteiger partial charge in [-0.2, -0.15) is 5.06 Å². The van der Waals surface area contributed by atoms with E-state index in [0.29, 0.717) is 11.5 Å². The van der Waals surface area contributed by atoms with Gasteiger partial charge in [-0.05, 0) is 24.3 Å². The molecule has 1 N–H and O–H groups in total. The number of pyridine rings is 1. The van der Waals surface area contributed by atoms with E-state index in [1.807, 2.05) is 6.07 Å². The molecule has 2 atom stereocenters. The number of hydroxylamine groups is 2. The van der Waals surface area contributed by atoms with Crippen molar-refractivity contribution >= 4 is 10.0 Å². The SMILES string of the molecule is CN1OCC(S(=O)(=O)NCc2ccccn2)C1c1ccco1. The van der Waals surface area contributed by atoms with Crippen molar-refractivity contribution < 1.29 is 17.7 Å². The molecule has 0 radical (unpaired) electrons. The number of hydrogen-bond donors (Lipinski definition) is 1. The second-order valence-electron chi connectivity index (χ2n) is 5.03. The monoisotopic (exact) mass is 323 g/mol. The maximum absolute atomic E-state index is 12.6. The summed E-state index contributed by atoms with van der Waals surface area (Å²) in [4.78, 5) is 9.48. The van der Waals surface area contributed by atoms with E-state index in [4.69, 9.17) is 9.25 Å². The van der Waals surface area contributed by atoms with Gasteiger partial charge in [-0.3, -0.25) is 9.82 Å². The van der Waals surface area contributed by atoms with Crippen molar-refractivity contribution in [2.24, 2.45) is 0 Å². The molecule has 0 spiro atoms. The number of sulfonamides is 1. The summed E-state index contributed by atoms with van der Waals surface area (Å²) >= 11 is 0. The van der Waals surface area contributed by atoms with E-state index in [1.165, 1.54) is 11.3 Å². The van der Waals surface area contributed by atoms with Crippen LogP contribution in [0.3, 0.4) is 0 Å². The lowest BCUT2D eigenvalue weighted by atomic mass is 10.2. The van der Waals surface area contributed by atoms with Gasteiger partial charge in [0.1, 0.15) is 17.1 Å². The lowest BCUT2D eigenvalue weighted by Crippen LogP contribution is -2.39. The van der Waals surface area contributed by atoms with E-state index < -0.39 is 21.3 Å². The third kappa shape index (κ3) is 3.05. The number of hydrogen-bond acceptors (Lipinski definition) is 6. The van der Waals surface area contributed by atoms with Crippen molar-refractivity contribution in [1.29, 1.82) is 0 Å². The molecule has 1 aliphatic rings. The molecule has 0 aromatic carbocycles. The van der Waals surface area contributed by atoms with E-state index in [2.05, 4.69) is 9.71 Å². The van der Waals surface area contributed by atoms with Crippen molar-refractivity contribution in [1.82, 2.24) is 14.8 Å². The van der Waals surface area contributed by atoms with Crippen LogP contribution in [0.25, 0.3) is 0 Å². The first kappa shape index (κ1) is 15.2. The van der Waals surface area contributed by atoms with Crippen LogP contribution in [0.1, 0.15) is 17.5 Å². The first-order valence-electron chi connectivity index (χ1n) is 6.85. The molecule has 7 nitrogen and oxygen atoms in total. The van der Waals surface area contributed by atoms with E-state index in [1.54, 1.807) is 37.5 Å². The number of rotatable bonds is 5. The highest BCUT2D eigenvalue weighted by Crippen LogP contribution is 2.33. The molecule has 2 unspecified atom stereocenters. The first-order chi connectivity index (χ1) is 10.6. The molecule has 1 fully saturated rings. The summed E-state index contributed by atoms with van der Waals surface area (Å²) in [6.07, 6.45) is 3.15. The summed E-state index contributed by atoms with van der Waals surface area (Å²) in [5.41, 5.74) is 0.660. The summed E-state index contributed by atoms with van der Waals surface area (Å²) in [6.45, 7) is 0.230. The summed E-state index contributed by atoms with van der Waals surface area (Å²) in [6, 6.07) is 8.36. The van der Waals surface area contributed by atoms with Crippen LogP contribution in [0.15, 0.2) is 47.2 Å². The van der Waals surface area contributed by atoms with Gasteiger partial charge in [0, 0.05) is 13.2 Å². The van der Waals surface area contributed by atoms with Crippen LogP contribution >= 0.6 is 0 Å². The van der Waals surface area contributed by atoms with E-state index in [9.17, 15) is 8.42 Å². The predicted molar refractivity (Wildman–Crippen MR) is 78.9 cm³/mol. The number of aromatic nitrogens is 1. The minimum atomic E-state index is -3.58. The van der Waals surface area contributed by atoms with Crippen LogP contribution in [-0.2, 0) is 21.4 Å². The molecule has 3 rings (SSSR count). The first-order valence-corrected chi connectivity index (χ1v) is 8.40. The average Bonchev–Trinajstić information content (AvgIpc) is 3.15. The number of furan rings is 1. The molecule has 2 aromatic rings. The summed E-state index contributed by atoms with van der Waals surface area (Å²) in [5.74, 6) is 0.563. The average molecular weight is 323 g/mol. The standard InChI is InChI=1S/C14H17N3O4S/c1-17-14(12-6-4-8-20-12)13(10-21-17)22(18,19)16-9-11-5-2-3-7-15-11/h2-8,13-14,16H,9-10H2,1H3. The van der Waals surface area contributed by atoms with Crippen LogP contribution in [0.2, 0.25) is 0 Å². The van der Waals surface area contributed by atoms with Gasteiger partial charge in [-0.25, -0.2) is 13.1 Å². The Morgan fingerprint density at radius 1 is 1.36 bits per heavy atom. The fraction of sp³-hybridized carbons (Fsp3) is 0.357. The minimum Gasteiger partial charge on any atom is -0.468 e. The van der Waals surface area contributed by atoms with Gasteiger partial charge in [-0.15, -0.1) is 0 Å². The molecule has 8 heteroatoms. The van der Waals surface area contributed by atoms with Crippen molar-refractivity contribution in [2.45, 2.75) is 17.8 Å². The Bertz CT molecular complexity index is 703. The van der Waals surface area contributed by atoms with Gasteiger partial charge in [0.25, 0.3) is 0 Å². The Morgan fingerprint density at radius 2 is 2.23 bits per heavy atom. The van der Waals surface area contributed by atoms with E-state index in [0.717, 1.165) is 0 Å². The molecule has 2 aromatic heterocycles. The van der Waals surface area contributed by atoms with Crippen LogP contribution in [0.5, 0.6) is 0 Å². The van der Waals surface area contributed by atoms with Gasteiger partial charge in [-0.1, -0.05) is 6.07 Å². The third-order valence-corrected chi connectivity index (χ3v) is 5.34. The normalized spacial score (nSPS) is 23.0. The molecular weight excluding hydrogens is 306 g/mol. The second-order valence-corrected chi connectivity index (χ2v) is 7.01. The molecule has 0 saturated carbocycles. The second kappa shape index (κ2) is 6.17. The quantitative estimate of drug-likeness (QED) is 0.886. The van der Waals surface area contributed by atoms with E-state index >= 15 is 0 Å². The largest absolute Gasteiger partial charge is 0.468 e. The van der Waals surface area contributed by atoms with Crippen LogP contribution in [-0.4, -0.2) is 37.4 Å². The molecule has 22 heavy (non-hydrogen) atoms. The van der Waals surface area contributed by atoms with Crippen molar-refractivity contribution in [2.75, 3.05) is 13.7 Å². The number of nitrogens with zero attached hydrogens (tertiary/aromatic N) is 2. The Kier molecular flexibility index (Phi) is 4.25. The lowest BCUT2D eigenvalue weighted by Gasteiger charge is -2.20.